The van der Waals surface area contributed by atoms with Crippen molar-refractivity contribution in [2.24, 2.45) is 0 Å². The first-order valence-corrected chi connectivity index (χ1v) is 9.67. The molecule has 0 saturated carbocycles. The van der Waals surface area contributed by atoms with Crippen LogP contribution in [0.5, 0.6) is 5.75 Å². The number of likely N-dealkylation sites (tertiary alicyclic amines) is 1. The van der Waals surface area contributed by atoms with Gasteiger partial charge in [-0.25, -0.2) is 4.79 Å². The number of piperidine rings is 1. The zero-order chi connectivity index (χ0) is 21.0. The molecule has 2 aromatic rings. The molecule has 154 valence electrons. The predicted molar refractivity (Wildman–Crippen MR) is 107 cm³/mol. The summed E-state index contributed by atoms with van der Waals surface area (Å²) in [6.07, 6.45) is 0.646. The van der Waals surface area contributed by atoms with Gasteiger partial charge in [-0.05, 0) is 35.7 Å². The van der Waals surface area contributed by atoms with Crippen LogP contribution in [0.1, 0.15) is 52.6 Å². The topological polar surface area (TPSA) is 89.0 Å². The number of β-amino-alcohol motifs (C(OH)–C–C–N with tert-alkyl or cyclic N) is 1. The molecule has 7 nitrogen and oxygen atoms in total. The summed E-state index contributed by atoms with van der Waals surface area (Å²) in [4.78, 5) is 29.8. The van der Waals surface area contributed by atoms with Crippen LogP contribution in [0.25, 0.3) is 0 Å². The molecule has 1 aromatic carbocycles. The monoisotopic (exact) mass is 398 g/mol. The molecule has 1 aromatic heterocycles. The number of nitrogens with zero attached hydrogens (tertiary/aromatic N) is 2. The van der Waals surface area contributed by atoms with Crippen molar-refractivity contribution in [3.8, 4) is 5.75 Å². The molecule has 1 fully saturated rings. The summed E-state index contributed by atoms with van der Waals surface area (Å²) in [5.74, 6) is 0.313. The first kappa shape index (κ1) is 20.8. The van der Waals surface area contributed by atoms with Crippen LogP contribution in [0.2, 0.25) is 0 Å². The van der Waals surface area contributed by atoms with Gasteiger partial charge in [0.05, 0.1) is 19.2 Å². The van der Waals surface area contributed by atoms with Crippen LogP contribution < -0.4 is 4.74 Å². The zero-order valence-corrected chi connectivity index (χ0v) is 16.9. The molecular formula is C22H26N2O5. The van der Waals surface area contributed by atoms with E-state index in [2.05, 4.69) is 23.6 Å². The molecule has 2 heterocycles. The van der Waals surface area contributed by atoms with Crippen LogP contribution >= 0.6 is 0 Å². The number of carbonyl (C=O) groups is 2. The van der Waals surface area contributed by atoms with Crippen molar-refractivity contribution in [1.29, 1.82) is 0 Å². The Morgan fingerprint density at radius 2 is 2.03 bits per heavy atom. The van der Waals surface area contributed by atoms with Gasteiger partial charge in [-0.1, -0.05) is 26.0 Å². The molecule has 0 spiro atoms. The molecule has 29 heavy (non-hydrogen) atoms. The molecule has 2 atom stereocenters. The van der Waals surface area contributed by atoms with E-state index >= 15 is 0 Å². The molecule has 1 saturated heterocycles. The van der Waals surface area contributed by atoms with Gasteiger partial charge in [0.2, 0.25) is 0 Å². The second kappa shape index (κ2) is 9.05. The second-order valence-electron chi connectivity index (χ2n) is 7.41. The first-order valence-electron chi connectivity index (χ1n) is 9.67. The Balaban J connectivity index is 1.61. The fourth-order valence-corrected chi connectivity index (χ4v) is 3.27. The number of esters is 1. The third-order valence-corrected chi connectivity index (χ3v) is 5.02. The van der Waals surface area contributed by atoms with E-state index in [1.807, 2.05) is 24.3 Å². The number of methoxy groups -OCH3 is 1. The highest BCUT2D eigenvalue weighted by Gasteiger charge is 2.32. The molecular weight excluding hydrogens is 372 g/mol. The molecule has 1 amide bonds. The first-order chi connectivity index (χ1) is 13.9. The van der Waals surface area contributed by atoms with Crippen LogP contribution in [-0.4, -0.2) is 59.3 Å². The van der Waals surface area contributed by atoms with Gasteiger partial charge >= 0.3 is 5.97 Å². The fourth-order valence-electron chi connectivity index (χ4n) is 3.27. The van der Waals surface area contributed by atoms with Crippen LogP contribution in [-0.2, 0) is 4.74 Å². The maximum atomic E-state index is 12.7. The third-order valence-electron chi connectivity index (χ3n) is 5.02. The van der Waals surface area contributed by atoms with E-state index in [0.29, 0.717) is 18.9 Å². The lowest BCUT2D eigenvalue weighted by atomic mass is 10.0. The average molecular weight is 398 g/mol. The largest absolute Gasteiger partial charge is 0.488 e. The van der Waals surface area contributed by atoms with Crippen molar-refractivity contribution >= 4 is 11.9 Å². The Morgan fingerprint density at radius 3 is 2.66 bits per heavy atom. The molecule has 1 aliphatic rings. The van der Waals surface area contributed by atoms with E-state index in [4.69, 9.17) is 4.74 Å². The molecule has 1 aliphatic heterocycles. The summed E-state index contributed by atoms with van der Waals surface area (Å²) in [5, 5.41) is 10.5. The van der Waals surface area contributed by atoms with Gasteiger partial charge in [0.1, 0.15) is 23.7 Å². The number of ether oxygens (including phenoxy) is 2. The van der Waals surface area contributed by atoms with Gasteiger partial charge in [-0.2, -0.15) is 0 Å². The fraction of sp³-hybridized carbons (Fsp3) is 0.409. The SMILES string of the molecule is COC(=O)c1ccc(C(=O)N2CC[C@@H](Oc3cccc(C(C)C)c3)[C@H](O)C2)nc1. The Hall–Kier alpha value is -2.93. The summed E-state index contributed by atoms with van der Waals surface area (Å²) >= 11 is 0. The van der Waals surface area contributed by atoms with Crippen molar-refractivity contribution in [3.05, 3.63) is 59.4 Å². The summed E-state index contributed by atoms with van der Waals surface area (Å²) in [5.41, 5.74) is 1.67. The van der Waals surface area contributed by atoms with Gasteiger partial charge < -0.3 is 19.5 Å². The van der Waals surface area contributed by atoms with Gasteiger partial charge in [0.25, 0.3) is 5.91 Å². The van der Waals surface area contributed by atoms with Crippen molar-refractivity contribution < 1.29 is 24.2 Å². The summed E-state index contributed by atoms with van der Waals surface area (Å²) in [7, 11) is 1.29. The second-order valence-corrected chi connectivity index (χ2v) is 7.41. The number of carbonyl (C=O) groups excluding carboxylic acids is 2. The number of aliphatic hydroxyl groups is 1. The third kappa shape index (κ3) is 4.92. The summed E-state index contributed by atoms with van der Waals surface area (Å²) < 4.78 is 10.6. The maximum Gasteiger partial charge on any atom is 0.339 e. The van der Waals surface area contributed by atoms with Crippen LogP contribution in [0.3, 0.4) is 0 Å². The molecule has 0 aliphatic carbocycles. The van der Waals surface area contributed by atoms with E-state index in [9.17, 15) is 14.7 Å². The smallest absolute Gasteiger partial charge is 0.339 e. The minimum atomic E-state index is -0.801. The molecule has 0 radical (unpaired) electrons. The average Bonchev–Trinajstić information content (AvgIpc) is 2.74. The van der Waals surface area contributed by atoms with Gasteiger partial charge in [-0.3, -0.25) is 9.78 Å². The number of benzene rings is 1. The predicted octanol–water partition coefficient (Wildman–Crippen LogP) is 2.65. The number of amides is 1. The van der Waals surface area contributed by atoms with Crippen LogP contribution in [0, 0.1) is 0 Å². The van der Waals surface area contributed by atoms with Crippen LogP contribution in [0.4, 0.5) is 0 Å². The van der Waals surface area contributed by atoms with Crippen molar-refractivity contribution in [2.75, 3.05) is 20.2 Å². The zero-order valence-electron chi connectivity index (χ0n) is 16.9. The van der Waals surface area contributed by atoms with E-state index in [1.54, 1.807) is 4.90 Å². The molecule has 0 bridgehead atoms. The lowest BCUT2D eigenvalue weighted by Crippen LogP contribution is -2.51. The molecule has 7 heteroatoms. The number of aromatic nitrogens is 1. The number of pyridine rings is 1. The lowest BCUT2D eigenvalue weighted by molar-refractivity contribution is -0.0200. The van der Waals surface area contributed by atoms with Gasteiger partial charge in [0, 0.05) is 19.2 Å². The molecule has 0 unspecified atom stereocenters. The highest BCUT2D eigenvalue weighted by Crippen LogP contribution is 2.24. The number of hydrogen-bond donors (Lipinski definition) is 1. The molecule has 3 rings (SSSR count). The van der Waals surface area contributed by atoms with E-state index in [1.165, 1.54) is 31.0 Å². The Morgan fingerprint density at radius 1 is 1.24 bits per heavy atom. The Bertz CT molecular complexity index is 866. The van der Waals surface area contributed by atoms with E-state index in [-0.39, 0.29) is 29.8 Å². The summed E-state index contributed by atoms with van der Waals surface area (Å²) in [6.45, 7) is 4.84. The van der Waals surface area contributed by atoms with Crippen molar-refractivity contribution in [1.82, 2.24) is 9.88 Å². The Kier molecular flexibility index (Phi) is 6.49. The van der Waals surface area contributed by atoms with Gasteiger partial charge in [-0.15, -0.1) is 0 Å². The standard InChI is InChI=1S/C22H26N2O5/c1-14(2)15-5-4-6-17(11-15)29-20-9-10-24(13-19(20)25)21(26)18-8-7-16(12-23-18)22(27)28-3/h4-8,11-12,14,19-20,25H,9-10,13H2,1-3H3/t19-,20-/m1/s1. The minimum Gasteiger partial charge on any atom is -0.488 e. The van der Waals surface area contributed by atoms with Crippen LogP contribution in [0.15, 0.2) is 42.6 Å². The highest BCUT2D eigenvalue weighted by atomic mass is 16.5. The highest BCUT2D eigenvalue weighted by molar-refractivity contribution is 5.94. The van der Waals surface area contributed by atoms with E-state index in [0.717, 1.165) is 5.75 Å². The lowest BCUT2D eigenvalue weighted by Gasteiger charge is -2.35. The van der Waals surface area contributed by atoms with Crippen molar-refractivity contribution in [2.45, 2.75) is 38.4 Å². The number of aliphatic hydroxyl groups excluding tert-OH is 1. The maximum absolute atomic E-state index is 12.7. The number of hydrogen-bond acceptors (Lipinski definition) is 6. The molecule has 1 N–H and O–H groups in total. The normalized spacial score (nSPS) is 19.1. The van der Waals surface area contributed by atoms with E-state index < -0.39 is 12.1 Å². The summed E-state index contributed by atoms with van der Waals surface area (Å²) in [6, 6.07) is 10.8. The quantitative estimate of drug-likeness (QED) is 0.779. The van der Waals surface area contributed by atoms with Gasteiger partial charge in [0.15, 0.2) is 0 Å². The van der Waals surface area contributed by atoms with Crippen molar-refractivity contribution in [3.63, 3.8) is 0 Å². The minimum absolute atomic E-state index is 0.161. The Labute approximate surface area is 170 Å². The number of rotatable bonds is 5.